The second-order valence-corrected chi connectivity index (χ2v) is 33.4. The van der Waals surface area contributed by atoms with Crippen molar-refractivity contribution in [2.45, 2.75) is 358 Å². The molecule has 0 radical (unpaired) electrons. The van der Waals surface area contributed by atoms with Crippen LogP contribution in [0.4, 0.5) is 0 Å². The number of quaternary nitrogens is 1. The van der Waals surface area contributed by atoms with Gasteiger partial charge in [-0.05, 0) is 129 Å². The molecular weight excluding hydrogens is 1350 g/mol. The third kappa shape index (κ3) is 20.7. The van der Waals surface area contributed by atoms with Crippen LogP contribution in [-0.4, -0.2) is 295 Å². The fourth-order valence-corrected chi connectivity index (χ4v) is 16.9. The fourth-order valence-electron chi connectivity index (χ4n) is 16.9. The van der Waals surface area contributed by atoms with E-state index < -0.39 is 232 Å². The highest BCUT2D eigenvalue weighted by atomic mass is 16.7. The topological polar surface area (TPSA) is 408 Å². The average Bonchev–Trinajstić information content (AvgIpc) is 0.778. The molecule has 6 aliphatic heterocycles. The third-order valence-electron chi connectivity index (χ3n) is 23.8. The van der Waals surface area contributed by atoms with E-state index in [9.17, 15) is 75.5 Å². The van der Waals surface area contributed by atoms with E-state index in [0.717, 1.165) is 0 Å². The Hall–Kier alpha value is -2.64. The van der Waals surface area contributed by atoms with Crippen LogP contribution >= 0.6 is 0 Å². The van der Waals surface area contributed by atoms with Gasteiger partial charge in [-0.15, -0.1) is 0 Å². The number of likely N-dealkylation sites (N-methyl/N-ethyl adjacent to an activating group) is 2. The maximum absolute atomic E-state index is 14.1. The lowest BCUT2D eigenvalue weighted by molar-refractivity contribution is -0.874. The summed E-state index contributed by atoms with van der Waals surface area (Å²) in [5.74, 6) is -10.2. The van der Waals surface area contributed by atoms with E-state index in [1.165, 1.54) is 69.9 Å². The Morgan fingerprint density at radius 2 is 0.835 bits per heavy atom. The molecule has 6 saturated heterocycles. The highest BCUT2D eigenvalue weighted by Gasteiger charge is 2.57. The van der Waals surface area contributed by atoms with Gasteiger partial charge in [0, 0.05) is 75.0 Å². The molecule has 0 spiro atoms. The maximum atomic E-state index is 14.1. The first kappa shape index (κ1) is 91.0. The molecule has 0 amide bonds. The van der Waals surface area contributed by atoms with Crippen LogP contribution in [0.25, 0.3) is 0 Å². The number of esters is 2. The molecule has 602 valence electrons. The van der Waals surface area contributed by atoms with E-state index in [-0.39, 0.29) is 57.1 Å². The molecule has 6 heterocycles. The lowest BCUT2D eigenvalue weighted by Gasteiger charge is -2.51. The number of nitrogens with zero attached hydrogens (tertiary/aromatic N) is 2. The zero-order valence-corrected chi connectivity index (χ0v) is 66.3. The molecule has 0 aromatic carbocycles. The van der Waals surface area contributed by atoms with Gasteiger partial charge in [0.2, 0.25) is 0 Å². The summed E-state index contributed by atoms with van der Waals surface area (Å²) in [6.45, 7) is 32.3. The van der Waals surface area contributed by atoms with Crippen LogP contribution in [0.15, 0.2) is 0 Å². The number of cyclic esters (lactones) is 2. The van der Waals surface area contributed by atoms with Crippen molar-refractivity contribution in [3.63, 3.8) is 0 Å². The van der Waals surface area contributed by atoms with E-state index in [1.54, 1.807) is 90.0 Å². The number of carbonyl (C=O) groups excluding carboxylic acids is 4. The van der Waals surface area contributed by atoms with Gasteiger partial charge in [-0.25, -0.2) is 0 Å². The molecule has 36 atom stereocenters. The Balaban J connectivity index is 0.000000371. The Morgan fingerprint density at radius 1 is 0.495 bits per heavy atom. The van der Waals surface area contributed by atoms with Gasteiger partial charge in [-0.2, -0.15) is 0 Å². The molecule has 0 saturated carbocycles. The molecule has 103 heavy (non-hydrogen) atoms. The number of hydrogen-bond acceptors (Lipinski definition) is 28. The Kier molecular flexibility index (Phi) is 31.4. The molecule has 0 unspecified atom stereocenters. The van der Waals surface area contributed by atoms with Crippen molar-refractivity contribution < 1.29 is 132 Å². The molecule has 0 aliphatic carbocycles. The Labute approximate surface area is 611 Å². The first-order valence-electron chi connectivity index (χ1n) is 37.2. The molecule has 0 bridgehead atoms. The van der Waals surface area contributed by atoms with Crippen LogP contribution in [0.3, 0.4) is 0 Å². The van der Waals surface area contributed by atoms with E-state index in [1.807, 2.05) is 25.9 Å². The number of aliphatic hydroxyl groups excluding tert-OH is 6. The molecule has 29 nitrogen and oxygen atoms in total. The van der Waals surface area contributed by atoms with E-state index in [0.29, 0.717) is 6.42 Å². The predicted octanol–water partition coefficient (Wildman–Crippen LogP) is 3.58. The summed E-state index contributed by atoms with van der Waals surface area (Å²) in [4.78, 5) is 57.6. The van der Waals surface area contributed by atoms with Crippen molar-refractivity contribution in [1.29, 1.82) is 0 Å². The molecule has 0 aromatic rings. The minimum Gasteiger partial charge on any atom is -0.633 e. The van der Waals surface area contributed by atoms with Crippen molar-refractivity contribution in [1.82, 2.24) is 4.90 Å². The van der Waals surface area contributed by atoms with Crippen LogP contribution < -0.4 is 0 Å². The minimum absolute atomic E-state index is 0.0595. The van der Waals surface area contributed by atoms with Crippen molar-refractivity contribution >= 4 is 23.5 Å². The van der Waals surface area contributed by atoms with E-state index in [2.05, 4.69) is 0 Å². The van der Waals surface area contributed by atoms with Crippen molar-refractivity contribution in [3.8, 4) is 0 Å². The number of ether oxygens (including phenoxy) is 12. The summed E-state index contributed by atoms with van der Waals surface area (Å²) < 4.78 is 73.0. The van der Waals surface area contributed by atoms with Crippen LogP contribution in [-0.2, 0) is 76.0 Å². The Morgan fingerprint density at radius 3 is 1.16 bits per heavy atom. The predicted molar refractivity (Wildman–Crippen MR) is 374 cm³/mol. The van der Waals surface area contributed by atoms with Gasteiger partial charge in [0.15, 0.2) is 31.3 Å². The van der Waals surface area contributed by atoms with E-state index >= 15 is 0 Å². The van der Waals surface area contributed by atoms with Crippen LogP contribution in [0.1, 0.15) is 190 Å². The second kappa shape index (κ2) is 35.6. The normalized spacial score (nSPS) is 49.5. The van der Waals surface area contributed by atoms with Gasteiger partial charge in [0.1, 0.15) is 59.3 Å². The van der Waals surface area contributed by atoms with Gasteiger partial charge in [0.25, 0.3) is 0 Å². The van der Waals surface area contributed by atoms with Gasteiger partial charge in [-0.1, -0.05) is 55.4 Å². The smallest absolute Gasteiger partial charge is 0.311 e. The molecule has 6 fully saturated rings. The minimum atomic E-state index is -2.02. The van der Waals surface area contributed by atoms with Crippen LogP contribution in [0.5, 0.6) is 0 Å². The number of carbonyl (C=O) groups is 4. The summed E-state index contributed by atoms with van der Waals surface area (Å²) in [5, 5.41) is 128. The quantitative estimate of drug-likeness (QED) is 0.0675. The molecule has 29 heteroatoms. The van der Waals surface area contributed by atoms with Crippen LogP contribution in [0.2, 0.25) is 0 Å². The standard InChI is InChI=1S/C37H67NO14.C37H67NO13/c1-14-25-37(10,45)30(41)20(4)27(39)18(2)16-35(8,44)32(52-34-28(40)24(38(11,12)46)15-19(3)48-34)21(5)29(22(6)33(43)50-25)51-26-17-36(9,47-13)31(42)23(7)49-26;1-14-25-37(10,45)30(41)20(4)27(39)18(2)16-35(8,44)32(51-34-28(40)24(38(11)12)15-19(3)47-34)21(5)29(22(6)33(43)49-25)50-26-17-36(9,46-13)31(42)23(7)48-26/h18-26,28-32,34,40-42,44-45H,14-17H2,1-13H3;18-26,28-32,34,40-42,44-45H,14-17H2,1-13H3/t2*18-,19-,20+,21+,22-,23+,24+,25-,26+,28-,29+,30-,31+,32-,34+,35-,36-,37-/m11/s1. The van der Waals surface area contributed by atoms with Crippen LogP contribution in [0, 0.1) is 52.6 Å². The lowest BCUT2D eigenvalue weighted by atomic mass is 9.74. The number of Topliss-reactive ketones (excluding diaryl/α,β-unsaturated/α-hetero) is 2. The maximum Gasteiger partial charge on any atom is 0.311 e. The Bertz CT molecular complexity index is 2730. The largest absolute Gasteiger partial charge is 0.633 e. The van der Waals surface area contributed by atoms with Gasteiger partial charge in [-0.3, -0.25) is 19.2 Å². The number of ketones is 2. The van der Waals surface area contributed by atoms with Crippen molar-refractivity contribution in [3.05, 3.63) is 5.21 Å². The molecule has 0 aromatic heterocycles. The highest BCUT2D eigenvalue weighted by Crippen LogP contribution is 2.45. The summed E-state index contributed by atoms with van der Waals surface area (Å²) in [6, 6.07) is -1.15. The van der Waals surface area contributed by atoms with E-state index in [4.69, 9.17) is 56.8 Å². The monoisotopic (exact) mass is 1480 g/mol. The average molecular weight is 1480 g/mol. The summed E-state index contributed by atoms with van der Waals surface area (Å²) in [5.41, 5.74) is -9.81. The SMILES string of the molecule is CC[C@H]1OC(=O)[C@H](C)[C@@H](O[C@H]2C[C@@](C)(OC)[C@@H](O)[C@H](C)O2)[C@H](C)[C@@H](O[C@@H]2O[C@H](C)C[C@H](N(C)C)[C@H]2O)[C@](C)(O)C[C@@H](C)C(=O)[C@H](C)[C@@H](O)[C@]1(C)O.CC[C@H]1OC(=O)[C@H](C)[C@@H](O[C@H]2C[C@@](C)(OC)[C@@H](O)[C@H](C)O2)[C@H](C)[C@@H](O[C@@H]2O[C@H](C)C[C@H]([N+](C)(C)[O-])[C@H]2O)[C@](C)(O)C[C@@H](C)C(=O)[C@H](C)[C@@H](O)[C@]1(C)O. The number of hydrogen-bond donors (Lipinski definition) is 10. The molecule has 6 aliphatic rings. The van der Waals surface area contributed by atoms with Gasteiger partial charge >= 0.3 is 11.9 Å². The fraction of sp³-hybridized carbons (Fsp3) is 0.946. The molecule has 10 N–H and O–H groups in total. The van der Waals surface area contributed by atoms with Crippen molar-refractivity contribution in [2.75, 3.05) is 42.4 Å². The second-order valence-electron chi connectivity index (χ2n) is 33.4. The molecule has 6 rings (SSSR count). The van der Waals surface area contributed by atoms with Crippen molar-refractivity contribution in [2.24, 2.45) is 47.3 Å². The first-order chi connectivity index (χ1) is 47.2. The zero-order valence-electron chi connectivity index (χ0n) is 66.3. The summed E-state index contributed by atoms with van der Waals surface area (Å²) in [6.07, 6.45) is -20.8. The first-order valence-corrected chi connectivity index (χ1v) is 37.2. The third-order valence-corrected chi connectivity index (χ3v) is 23.8. The summed E-state index contributed by atoms with van der Waals surface area (Å²) in [7, 11) is 9.47. The van der Waals surface area contributed by atoms with Gasteiger partial charge in [0.05, 0.1) is 109 Å². The number of rotatable bonds is 14. The number of methoxy groups -OCH3 is 2. The number of aliphatic hydroxyl groups is 10. The molecular formula is C74H134N2O27. The number of hydroxylamine groups is 3. The summed E-state index contributed by atoms with van der Waals surface area (Å²) >= 11 is 0. The van der Waals surface area contributed by atoms with Gasteiger partial charge < -0.3 is 123 Å². The highest BCUT2D eigenvalue weighted by molar-refractivity contribution is 5.84. The lowest BCUT2D eigenvalue weighted by Crippen LogP contribution is -2.63. The zero-order chi connectivity index (χ0) is 78.8.